The molecule has 3 aromatic rings. The number of hydrogen-bond acceptors (Lipinski definition) is 7. The first-order chi connectivity index (χ1) is 14.8. The van der Waals surface area contributed by atoms with Crippen LogP contribution in [0.2, 0.25) is 0 Å². The number of benzene rings is 1. The molecule has 1 saturated heterocycles. The highest BCUT2D eigenvalue weighted by Gasteiger charge is 2.24. The molecule has 1 fully saturated rings. The first-order valence-electron chi connectivity index (χ1n) is 11.0. The quantitative estimate of drug-likeness (QED) is 0.474. The fourth-order valence-corrected chi connectivity index (χ4v) is 4.53. The van der Waals surface area contributed by atoms with Crippen LogP contribution in [-0.2, 0) is 13.5 Å². The van der Waals surface area contributed by atoms with E-state index >= 15 is 0 Å². The fraction of sp³-hybridized carbons (Fsp3) is 0.500. The van der Waals surface area contributed by atoms with Crippen LogP contribution in [0, 0.1) is 0 Å². The maximum Gasteiger partial charge on any atom is 0.204 e. The summed E-state index contributed by atoms with van der Waals surface area (Å²) in [7, 11) is 1.78. The van der Waals surface area contributed by atoms with Crippen LogP contribution >= 0.6 is 0 Å². The number of nitrogens with zero attached hydrogens (tertiary/aromatic N) is 7. The number of tetrazole rings is 1. The summed E-state index contributed by atoms with van der Waals surface area (Å²) >= 11 is 0. The van der Waals surface area contributed by atoms with Gasteiger partial charge in [0.2, 0.25) is 5.82 Å². The van der Waals surface area contributed by atoms with Gasteiger partial charge in [-0.15, -0.1) is 10.2 Å². The van der Waals surface area contributed by atoms with Crippen LogP contribution in [0.15, 0.2) is 24.5 Å². The van der Waals surface area contributed by atoms with E-state index in [-0.39, 0.29) is 0 Å². The van der Waals surface area contributed by atoms with Crippen molar-refractivity contribution in [2.75, 3.05) is 31.5 Å². The van der Waals surface area contributed by atoms with Gasteiger partial charge in [0.25, 0.3) is 0 Å². The number of hydrogen-bond donors (Lipinski definition) is 1. The molecule has 2 aromatic heterocycles. The van der Waals surface area contributed by atoms with Crippen LogP contribution in [0.1, 0.15) is 43.4 Å². The Balaban J connectivity index is 1.25. The van der Waals surface area contributed by atoms with Crippen LogP contribution in [-0.4, -0.2) is 61.3 Å². The van der Waals surface area contributed by atoms with Gasteiger partial charge >= 0.3 is 0 Å². The number of anilines is 1. The molecular weight excluding hydrogens is 376 g/mol. The minimum absolute atomic E-state index is 0.648. The number of likely N-dealkylation sites (tertiary alicyclic amines) is 1. The second-order valence-corrected chi connectivity index (χ2v) is 8.23. The predicted octanol–water partition coefficient (Wildman–Crippen LogP) is 2.92. The number of rotatable bonds is 7. The van der Waals surface area contributed by atoms with Crippen LogP contribution < -0.4 is 5.32 Å². The molecule has 30 heavy (non-hydrogen) atoms. The van der Waals surface area contributed by atoms with E-state index in [9.17, 15) is 0 Å². The SMILES string of the molecule is Cn1nnc(-c2ccc3c(c2)Cc2ncnc(NCCCCN4CCCCC4)c2-3)n1. The Hall–Kier alpha value is -2.87. The largest absolute Gasteiger partial charge is 0.369 e. The topological polar surface area (TPSA) is 84.6 Å². The van der Waals surface area contributed by atoms with Crippen molar-refractivity contribution < 1.29 is 0 Å². The third-order valence-electron chi connectivity index (χ3n) is 6.07. The van der Waals surface area contributed by atoms with E-state index in [0.29, 0.717) is 5.82 Å². The minimum Gasteiger partial charge on any atom is -0.369 e. The molecule has 0 amide bonds. The molecule has 1 N–H and O–H groups in total. The number of fused-ring (bicyclic) bond motifs is 3. The van der Waals surface area contributed by atoms with Crippen LogP contribution in [0.25, 0.3) is 22.5 Å². The van der Waals surface area contributed by atoms with Crippen molar-refractivity contribution in [2.24, 2.45) is 7.05 Å². The van der Waals surface area contributed by atoms with Gasteiger partial charge in [-0.1, -0.05) is 18.6 Å². The van der Waals surface area contributed by atoms with E-state index in [1.807, 2.05) is 0 Å². The van der Waals surface area contributed by atoms with E-state index in [1.54, 1.807) is 13.4 Å². The zero-order valence-electron chi connectivity index (χ0n) is 17.5. The van der Waals surface area contributed by atoms with Gasteiger partial charge in [0.15, 0.2) is 0 Å². The Labute approximate surface area is 176 Å². The number of unbranched alkanes of at least 4 members (excludes halogenated alkanes) is 1. The Kier molecular flexibility index (Phi) is 5.40. The van der Waals surface area contributed by atoms with Crippen LogP contribution in [0.3, 0.4) is 0 Å². The van der Waals surface area contributed by atoms with Crippen molar-refractivity contribution in [3.63, 3.8) is 0 Å². The Morgan fingerprint density at radius 1 is 1.07 bits per heavy atom. The van der Waals surface area contributed by atoms with E-state index in [0.717, 1.165) is 42.0 Å². The first-order valence-corrected chi connectivity index (χ1v) is 11.0. The molecule has 0 atom stereocenters. The van der Waals surface area contributed by atoms with Crippen LogP contribution in [0.4, 0.5) is 5.82 Å². The highest BCUT2D eigenvalue weighted by molar-refractivity contribution is 5.85. The molecule has 1 aliphatic heterocycles. The highest BCUT2D eigenvalue weighted by Crippen LogP contribution is 2.40. The molecule has 0 saturated carbocycles. The van der Waals surface area contributed by atoms with Gasteiger partial charge in [-0.25, -0.2) is 9.97 Å². The summed E-state index contributed by atoms with van der Waals surface area (Å²) in [5, 5.41) is 15.9. The van der Waals surface area contributed by atoms with Crippen LogP contribution in [0.5, 0.6) is 0 Å². The lowest BCUT2D eigenvalue weighted by atomic mass is 10.0. The maximum absolute atomic E-state index is 4.55. The lowest BCUT2D eigenvalue weighted by Gasteiger charge is -2.26. The average molecular weight is 405 g/mol. The van der Waals surface area contributed by atoms with Gasteiger partial charge in [-0.05, 0) is 67.7 Å². The molecule has 8 heteroatoms. The lowest BCUT2D eigenvalue weighted by Crippen LogP contribution is -2.30. The van der Waals surface area contributed by atoms with Gasteiger partial charge in [0.05, 0.1) is 12.7 Å². The molecule has 5 rings (SSSR count). The average Bonchev–Trinajstić information content (AvgIpc) is 3.37. The molecule has 0 radical (unpaired) electrons. The van der Waals surface area contributed by atoms with E-state index in [4.69, 9.17) is 0 Å². The summed E-state index contributed by atoms with van der Waals surface area (Å²) in [6, 6.07) is 6.34. The van der Waals surface area contributed by atoms with Gasteiger partial charge in [-0.3, -0.25) is 0 Å². The maximum atomic E-state index is 4.55. The second kappa shape index (κ2) is 8.47. The molecule has 1 aromatic carbocycles. The summed E-state index contributed by atoms with van der Waals surface area (Å²) in [5.41, 5.74) is 5.65. The summed E-state index contributed by atoms with van der Waals surface area (Å²) in [4.78, 5) is 13.2. The zero-order valence-corrected chi connectivity index (χ0v) is 17.5. The number of aromatic nitrogens is 6. The predicted molar refractivity (Wildman–Crippen MR) is 116 cm³/mol. The smallest absolute Gasteiger partial charge is 0.204 e. The number of nitrogens with one attached hydrogen (secondary N) is 1. The summed E-state index contributed by atoms with van der Waals surface area (Å²) in [5.74, 6) is 1.59. The summed E-state index contributed by atoms with van der Waals surface area (Å²) < 4.78 is 0. The molecule has 3 heterocycles. The third kappa shape index (κ3) is 3.92. The molecule has 0 bridgehead atoms. The fourth-order valence-electron chi connectivity index (χ4n) is 4.53. The van der Waals surface area contributed by atoms with Crippen molar-refractivity contribution in [1.82, 2.24) is 35.1 Å². The third-order valence-corrected chi connectivity index (χ3v) is 6.07. The van der Waals surface area contributed by atoms with Crippen molar-refractivity contribution in [3.05, 3.63) is 35.8 Å². The molecule has 1 aliphatic carbocycles. The molecule has 156 valence electrons. The monoisotopic (exact) mass is 404 g/mol. The standard InChI is InChI=1S/C22H28N8/c1-29-27-21(26-28-29)16-7-8-18-17(13-16)14-19-20(18)22(25-15-24-19)23-9-3-6-12-30-10-4-2-5-11-30/h7-8,13,15H,2-6,9-12,14H2,1H3,(H,23,24,25). The van der Waals surface area contributed by atoms with Gasteiger partial charge in [0, 0.05) is 24.1 Å². The van der Waals surface area contributed by atoms with Gasteiger partial charge in [-0.2, -0.15) is 4.80 Å². The molecular formula is C22H28N8. The minimum atomic E-state index is 0.648. The van der Waals surface area contributed by atoms with E-state index in [2.05, 4.69) is 53.8 Å². The normalized spacial score (nSPS) is 15.8. The molecule has 0 spiro atoms. The Bertz CT molecular complexity index is 1020. The highest BCUT2D eigenvalue weighted by atomic mass is 15.6. The second-order valence-electron chi connectivity index (χ2n) is 8.23. The lowest BCUT2D eigenvalue weighted by molar-refractivity contribution is 0.225. The Morgan fingerprint density at radius 2 is 1.97 bits per heavy atom. The first kappa shape index (κ1) is 19.1. The van der Waals surface area contributed by atoms with Crippen molar-refractivity contribution in [1.29, 1.82) is 0 Å². The van der Waals surface area contributed by atoms with Crippen molar-refractivity contribution in [3.8, 4) is 22.5 Å². The molecule has 2 aliphatic rings. The Morgan fingerprint density at radius 3 is 2.80 bits per heavy atom. The molecule has 0 unspecified atom stereocenters. The number of piperidine rings is 1. The van der Waals surface area contributed by atoms with Crippen molar-refractivity contribution in [2.45, 2.75) is 38.5 Å². The van der Waals surface area contributed by atoms with Crippen molar-refractivity contribution >= 4 is 5.82 Å². The van der Waals surface area contributed by atoms with Gasteiger partial charge < -0.3 is 10.2 Å². The zero-order chi connectivity index (χ0) is 20.3. The summed E-state index contributed by atoms with van der Waals surface area (Å²) in [6.07, 6.45) is 8.98. The van der Waals surface area contributed by atoms with E-state index < -0.39 is 0 Å². The molecule has 8 nitrogen and oxygen atoms in total. The van der Waals surface area contributed by atoms with Gasteiger partial charge in [0.1, 0.15) is 12.1 Å². The number of aryl methyl sites for hydroxylation is 1. The summed E-state index contributed by atoms with van der Waals surface area (Å²) in [6.45, 7) is 4.70. The van der Waals surface area contributed by atoms with E-state index in [1.165, 1.54) is 61.2 Å².